The molecule has 0 unspecified atom stereocenters. The third-order valence-electron chi connectivity index (χ3n) is 1.24. The lowest BCUT2D eigenvalue weighted by Gasteiger charge is -1.93. The molecule has 8 heteroatoms. The summed E-state index contributed by atoms with van der Waals surface area (Å²) in [7, 11) is 0. The van der Waals surface area contributed by atoms with E-state index in [1.165, 1.54) is 11.3 Å². The van der Waals surface area contributed by atoms with Gasteiger partial charge in [0.1, 0.15) is 5.69 Å². The number of tetrazole rings is 1. The first-order chi connectivity index (χ1) is 6.36. The molecule has 2 aromatic heterocycles. The Kier molecular flexibility index (Phi) is 1.96. The van der Waals surface area contributed by atoms with Crippen LogP contribution in [0.3, 0.4) is 0 Å². The highest BCUT2D eigenvalue weighted by Gasteiger charge is 2.09. The minimum Gasteiger partial charge on any atom is -0.286 e. The van der Waals surface area contributed by atoms with Gasteiger partial charge in [0.05, 0.1) is 5.51 Å². The standard InChI is InChI=1S/C5H4N6OS/c12-4(3-1-13-2-6-3)7-5-8-10-11-9-5/h1-2H,(H2,7,8,9,10,11,12). The number of carbonyl (C=O) groups is 1. The summed E-state index contributed by atoms with van der Waals surface area (Å²) >= 11 is 1.34. The zero-order valence-corrected chi connectivity index (χ0v) is 7.08. The number of anilines is 1. The number of aromatic amines is 1. The first kappa shape index (κ1) is 7.80. The molecule has 0 saturated carbocycles. The van der Waals surface area contributed by atoms with Crippen LogP contribution >= 0.6 is 11.3 Å². The van der Waals surface area contributed by atoms with Crippen LogP contribution in [0, 0.1) is 0 Å². The van der Waals surface area contributed by atoms with Crippen LogP contribution in [0.4, 0.5) is 5.95 Å². The molecule has 0 spiro atoms. The van der Waals surface area contributed by atoms with Gasteiger partial charge in [0.2, 0.25) is 0 Å². The molecule has 13 heavy (non-hydrogen) atoms. The summed E-state index contributed by atoms with van der Waals surface area (Å²) in [6.07, 6.45) is 0. The topological polar surface area (TPSA) is 96.5 Å². The van der Waals surface area contributed by atoms with Gasteiger partial charge in [-0.25, -0.2) is 4.98 Å². The van der Waals surface area contributed by atoms with Gasteiger partial charge in [-0.05, 0) is 5.21 Å². The minimum atomic E-state index is -0.345. The smallest absolute Gasteiger partial charge is 0.277 e. The average molecular weight is 196 g/mol. The molecular weight excluding hydrogens is 192 g/mol. The quantitative estimate of drug-likeness (QED) is 0.699. The zero-order valence-electron chi connectivity index (χ0n) is 6.26. The number of nitrogens with zero attached hydrogens (tertiary/aromatic N) is 4. The van der Waals surface area contributed by atoms with E-state index in [0.29, 0.717) is 5.69 Å². The number of hydrogen-bond acceptors (Lipinski definition) is 6. The van der Waals surface area contributed by atoms with Crippen LogP contribution in [0.1, 0.15) is 10.5 Å². The second-order valence-corrected chi connectivity index (χ2v) is 2.78. The van der Waals surface area contributed by atoms with Crippen molar-refractivity contribution in [3.05, 3.63) is 16.6 Å². The van der Waals surface area contributed by atoms with Crippen LogP contribution in [-0.4, -0.2) is 31.5 Å². The summed E-state index contributed by atoms with van der Waals surface area (Å²) < 4.78 is 0. The maximum Gasteiger partial charge on any atom is 0.277 e. The fourth-order valence-electron chi connectivity index (χ4n) is 0.705. The lowest BCUT2D eigenvalue weighted by Crippen LogP contribution is -2.13. The predicted molar refractivity (Wildman–Crippen MR) is 44.2 cm³/mol. The molecule has 66 valence electrons. The Morgan fingerprint density at radius 3 is 3.15 bits per heavy atom. The summed E-state index contributed by atoms with van der Waals surface area (Å²) in [6.45, 7) is 0. The molecule has 2 aromatic rings. The van der Waals surface area contributed by atoms with Gasteiger partial charge in [0, 0.05) is 5.38 Å². The molecule has 0 aliphatic rings. The van der Waals surface area contributed by atoms with E-state index in [-0.39, 0.29) is 11.9 Å². The first-order valence-corrected chi connectivity index (χ1v) is 4.23. The van der Waals surface area contributed by atoms with Crippen molar-refractivity contribution < 1.29 is 4.79 Å². The highest BCUT2D eigenvalue weighted by atomic mass is 32.1. The van der Waals surface area contributed by atoms with E-state index >= 15 is 0 Å². The number of H-pyrrole nitrogens is 1. The fraction of sp³-hybridized carbons (Fsp3) is 0. The van der Waals surface area contributed by atoms with Crippen LogP contribution < -0.4 is 5.32 Å². The second-order valence-electron chi connectivity index (χ2n) is 2.06. The van der Waals surface area contributed by atoms with Crippen molar-refractivity contribution in [3.8, 4) is 0 Å². The van der Waals surface area contributed by atoms with Crippen LogP contribution in [-0.2, 0) is 0 Å². The van der Waals surface area contributed by atoms with Gasteiger partial charge < -0.3 is 0 Å². The zero-order chi connectivity index (χ0) is 9.10. The Bertz CT molecular complexity index is 381. The molecule has 0 atom stereocenters. The molecule has 0 saturated heterocycles. The Morgan fingerprint density at radius 1 is 1.62 bits per heavy atom. The number of hydrogen-bond donors (Lipinski definition) is 2. The molecule has 0 aliphatic heterocycles. The number of aromatic nitrogens is 5. The van der Waals surface area contributed by atoms with E-state index in [1.54, 1.807) is 10.9 Å². The molecule has 0 aliphatic carbocycles. The number of amides is 1. The summed E-state index contributed by atoms with van der Waals surface area (Å²) in [5, 5.41) is 16.7. The van der Waals surface area contributed by atoms with Gasteiger partial charge in [0.15, 0.2) is 0 Å². The van der Waals surface area contributed by atoms with E-state index in [9.17, 15) is 4.79 Å². The Morgan fingerprint density at radius 2 is 2.54 bits per heavy atom. The van der Waals surface area contributed by atoms with Gasteiger partial charge in [-0.2, -0.15) is 5.21 Å². The predicted octanol–water partition coefficient (Wildman–Crippen LogP) is -0.0915. The minimum absolute atomic E-state index is 0.137. The molecule has 2 rings (SSSR count). The van der Waals surface area contributed by atoms with Crippen molar-refractivity contribution in [2.45, 2.75) is 0 Å². The Hall–Kier alpha value is -1.83. The van der Waals surface area contributed by atoms with E-state index in [1.807, 2.05) is 0 Å². The summed E-state index contributed by atoms with van der Waals surface area (Å²) in [5.74, 6) is -0.208. The molecule has 0 bridgehead atoms. The van der Waals surface area contributed by atoms with Crippen LogP contribution in [0.5, 0.6) is 0 Å². The van der Waals surface area contributed by atoms with Crippen molar-refractivity contribution in [1.29, 1.82) is 0 Å². The highest BCUT2D eigenvalue weighted by molar-refractivity contribution is 7.07. The normalized spacial score (nSPS) is 9.85. The molecule has 2 N–H and O–H groups in total. The van der Waals surface area contributed by atoms with Gasteiger partial charge in [-0.15, -0.1) is 16.4 Å². The van der Waals surface area contributed by atoms with Crippen LogP contribution in [0.25, 0.3) is 0 Å². The molecule has 0 aromatic carbocycles. The van der Waals surface area contributed by atoms with Gasteiger partial charge in [-0.3, -0.25) is 10.1 Å². The van der Waals surface area contributed by atoms with E-state index in [2.05, 4.69) is 30.9 Å². The molecule has 1 amide bonds. The Balaban J connectivity index is 2.08. The number of thiazole rings is 1. The van der Waals surface area contributed by atoms with E-state index < -0.39 is 0 Å². The van der Waals surface area contributed by atoms with Gasteiger partial charge in [-0.1, -0.05) is 5.10 Å². The molecule has 0 fully saturated rings. The van der Waals surface area contributed by atoms with Crippen molar-refractivity contribution >= 4 is 23.2 Å². The summed E-state index contributed by atoms with van der Waals surface area (Å²) in [4.78, 5) is 15.1. The summed E-state index contributed by atoms with van der Waals surface area (Å²) in [6, 6.07) is 0. The molecule has 0 radical (unpaired) electrons. The SMILES string of the molecule is O=C(Nc1nn[nH]n1)c1cscn1. The van der Waals surface area contributed by atoms with Gasteiger partial charge in [0.25, 0.3) is 11.9 Å². The van der Waals surface area contributed by atoms with Crippen molar-refractivity contribution in [2.24, 2.45) is 0 Å². The molecule has 2 heterocycles. The number of rotatable bonds is 2. The van der Waals surface area contributed by atoms with Crippen molar-refractivity contribution in [3.63, 3.8) is 0 Å². The van der Waals surface area contributed by atoms with Crippen LogP contribution in [0.15, 0.2) is 10.9 Å². The third kappa shape index (κ3) is 1.67. The number of nitrogens with one attached hydrogen (secondary N) is 2. The van der Waals surface area contributed by atoms with E-state index in [4.69, 9.17) is 0 Å². The highest BCUT2D eigenvalue weighted by Crippen LogP contribution is 2.02. The van der Waals surface area contributed by atoms with E-state index in [0.717, 1.165) is 0 Å². The summed E-state index contributed by atoms with van der Waals surface area (Å²) in [5.41, 5.74) is 1.92. The lowest BCUT2D eigenvalue weighted by atomic mass is 10.5. The number of carbonyl (C=O) groups excluding carboxylic acids is 1. The van der Waals surface area contributed by atoms with Crippen molar-refractivity contribution in [2.75, 3.05) is 5.32 Å². The van der Waals surface area contributed by atoms with Crippen LogP contribution in [0.2, 0.25) is 0 Å². The maximum atomic E-state index is 11.3. The van der Waals surface area contributed by atoms with Crippen molar-refractivity contribution in [1.82, 2.24) is 25.6 Å². The largest absolute Gasteiger partial charge is 0.286 e. The first-order valence-electron chi connectivity index (χ1n) is 3.29. The maximum absolute atomic E-state index is 11.3. The molecule has 7 nitrogen and oxygen atoms in total. The monoisotopic (exact) mass is 196 g/mol. The average Bonchev–Trinajstić information content (AvgIpc) is 2.74. The lowest BCUT2D eigenvalue weighted by molar-refractivity contribution is 0.102. The molecular formula is C5H4N6OS. The second kappa shape index (κ2) is 3.27. The fourth-order valence-corrected chi connectivity index (χ4v) is 1.24. The van der Waals surface area contributed by atoms with Gasteiger partial charge >= 0.3 is 0 Å². The Labute approximate surface area is 76.2 Å². The third-order valence-corrected chi connectivity index (χ3v) is 1.82.